The first-order chi connectivity index (χ1) is 17.4. The zero-order chi connectivity index (χ0) is 25.7. The van der Waals surface area contributed by atoms with Crippen LogP contribution in [0.2, 0.25) is 0 Å². The molecule has 0 saturated carbocycles. The summed E-state index contributed by atoms with van der Waals surface area (Å²) < 4.78 is 2.17. The summed E-state index contributed by atoms with van der Waals surface area (Å²) >= 11 is 0. The molecule has 0 spiro atoms. The number of aromatic nitrogens is 6. The standard InChI is InChI=1S/3C8H10N2O2.Fe/c3*11-8-5-9-6-3-1-2-4-7(6)10(8)12;/h3*5,12H,1-4H2;/q;;;+3. The average Bonchev–Trinajstić information content (AvgIpc) is 2.92. The number of hydrogen-bond acceptors (Lipinski definition) is 9. The van der Waals surface area contributed by atoms with Gasteiger partial charge in [-0.3, -0.25) is 29.3 Å². The normalized spacial score (nSPS) is 15.2. The summed E-state index contributed by atoms with van der Waals surface area (Å²) in [6.45, 7) is 0. The molecule has 197 valence electrons. The average molecular weight is 554 g/mol. The predicted molar refractivity (Wildman–Crippen MR) is 127 cm³/mol. The van der Waals surface area contributed by atoms with Crippen molar-refractivity contribution in [2.75, 3.05) is 0 Å². The van der Waals surface area contributed by atoms with E-state index in [0.29, 0.717) is 17.1 Å². The molecule has 6 rings (SSSR count). The molecule has 3 aliphatic rings. The van der Waals surface area contributed by atoms with Crippen LogP contribution in [0.15, 0.2) is 33.0 Å². The smallest absolute Gasteiger partial charge is 0.425 e. The zero-order valence-electron chi connectivity index (χ0n) is 20.3. The van der Waals surface area contributed by atoms with Crippen molar-refractivity contribution >= 4 is 0 Å². The number of fused-ring (bicyclic) bond motifs is 3. The second kappa shape index (κ2) is 12.7. The Balaban J connectivity index is 0.000000152. The molecule has 0 saturated heterocycles. The van der Waals surface area contributed by atoms with Crippen LogP contribution in [0.5, 0.6) is 0 Å². The molecule has 0 atom stereocenters. The van der Waals surface area contributed by atoms with Crippen molar-refractivity contribution < 1.29 is 32.7 Å². The van der Waals surface area contributed by atoms with E-state index in [9.17, 15) is 30.0 Å². The van der Waals surface area contributed by atoms with Crippen LogP contribution in [0.4, 0.5) is 0 Å². The Bertz CT molecular complexity index is 1250. The van der Waals surface area contributed by atoms with E-state index in [2.05, 4.69) is 15.0 Å². The summed E-state index contributed by atoms with van der Waals surface area (Å²) in [5.74, 6) is 0. The Morgan fingerprint density at radius 3 is 1.00 bits per heavy atom. The minimum atomic E-state index is -0.435. The van der Waals surface area contributed by atoms with Crippen molar-refractivity contribution in [2.45, 2.75) is 77.0 Å². The van der Waals surface area contributed by atoms with E-state index >= 15 is 0 Å². The maximum atomic E-state index is 10.9. The first-order valence-electron chi connectivity index (χ1n) is 12.2. The van der Waals surface area contributed by atoms with Gasteiger partial charge in [0.25, 0.3) is 0 Å². The first kappa shape index (κ1) is 28.1. The molecule has 0 fully saturated rings. The summed E-state index contributed by atoms with van der Waals surface area (Å²) in [6, 6.07) is 0. The topological polar surface area (TPSA) is 165 Å². The minimum absolute atomic E-state index is 0. The van der Waals surface area contributed by atoms with Gasteiger partial charge in [0.05, 0.1) is 52.8 Å². The second-order valence-electron chi connectivity index (χ2n) is 9.03. The molecule has 3 heterocycles. The van der Waals surface area contributed by atoms with Gasteiger partial charge in [-0.25, -0.2) is 0 Å². The van der Waals surface area contributed by atoms with Crippen molar-refractivity contribution in [3.8, 4) is 0 Å². The quantitative estimate of drug-likeness (QED) is 0.272. The molecule has 1 radical (unpaired) electrons. The molecule has 0 unspecified atom stereocenters. The van der Waals surface area contributed by atoms with Crippen LogP contribution in [0.25, 0.3) is 0 Å². The molecule has 0 bridgehead atoms. The van der Waals surface area contributed by atoms with Crippen molar-refractivity contribution in [1.29, 1.82) is 0 Å². The Labute approximate surface area is 222 Å². The molecule has 0 amide bonds. The third kappa shape index (κ3) is 6.47. The monoisotopic (exact) mass is 554 g/mol. The molecule has 0 aliphatic heterocycles. The van der Waals surface area contributed by atoms with Crippen LogP contribution in [-0.4, -0.2) is 44.8 Å². The third-order valence-corrected chi connectivity index (χ3v) is 6.62. The largest absolute Gasteiger partial charge is 3.00 e. The number of rotatable bonds is 0. The van der Waals surface area contributed by atoms with Crippen LogP contribution in [-0.2, 0) is 55.6 Å². The fraction of sp³-hybridized carbons (Fsp3) is 0.500. The van der Waals surface area contributed by atoms with E-state index < -0.39 is 16.7 Å². The first-order valence-corrected chi connectivity index (χ1v) is 12.2. The summed E-state index contributed by atoms with van der Waals surface area (Å²) in [7, 11) is 0. The van der Waals surface area contributed by atoms with Gasteiger partial charge < -0.3 is 15.6 Å². The van der Waals surface area contributed by atoms with E-state index in [1.807, 2.05) is 0 Å². The summed E-state index contributed by atoms with van der Waals surface area (Å²) in [5.41, 5.74) is 3.35. The van der Waals surface area contributed by atoms with Crippen LogP contribution in [0, 0.1) is 0 Å². The molecule has 13 heteroatoms. The van der Waals surface area contributed by atoms with Crippen LogP contribution in [0.1, 0.15) is 72.7 Å². The van der Waals surface area contributed by atoms with Crippen molar-refractivity contribution in [3.63, 3.8) is 0 Å². The Hall–Kier alpha value is -3.44. The summed E-state index contributed by atoms with van der Waals surface area (Å²) in [4.78, 5) is 44.8. The molecule has 3 aromatic heterocycles. The Morgan fingerprint density at radius 2 is 0.730 bits per heavy atom. The number of hydrogen-bond donors (Lipinski definition) is 3. The fourth-order valence-electron chi connectivity index (χ4n) is 4.68. The maximum Gasteiger partial charge on any atom is 3.00 e. The zero-order valence-corrected chi connectivity index (χ0v) is 21.4. The predicted octanol–water partition coefficient (Wildman–Crippen LogP) is 1.08. The van der Waals surface area contributed by atoms with Crippen LogP contribution in [0.3, 0.4) is 0 Å². The molecule has 0 aromatic carbocycles. The third-order valence-electron chi connectivity index (χ3n) is 6.62. The molecule has 3 N–H and O–H groups in total. The van der Waals surface area contributed by atoms with Gasteiger partial charge in [0.2, 0.25) is 0 Å². The summed E-state index contributed by atoms with van der Waals surface area (Å²) in [5, 5.41) is 27.9. The van der Waals surface area contributed by atoms with Gasteiger partial charge in [-0.15, -0.1) is 14.2 Å². The van der Waals surface area contributed by atoms with E-state index in [4.69, 9.17) is 0 Å². The molecule has 37 heavy (non-hydrogen) atoms. The number of nitrogens with zero attached hydrogens (tertiary/aromatic N) is 6. The van der Waals surface area contributed by atoms with Crippen molar-refractivity contribution in [2.24, 2.45) is 0 Å². The van der Waals surface area contributed by atoms with Gasteiger partial charge in [0, 0.05) is 0 Å². The summed E-state index contributed by atoms with van der Waals surface area (Å²) in [6.07, 6.45) is 14.8. The minimum Gasteiger partial charge on any atom is -0.425 e. The fourth-order valence-corrected chi connectivity index (χ4v) is 4.68. The molecule has 12 nitrogen and oxygen atoms in total. The van der Waals surface area contributed by atoms with Crippen LogP contribution >= 0.6 is 0 Å². The Morgan fingerprint density at radius 1 is 0.486 bits per heavy atom. The molecule has 3 aliphatic carbocycles. The van der Waals surface area contributed by atoms with Gasteiger partial charge >= 0.3 is 33.7 Å². The molecular weight excluding hydrogens is 524 g/mol. The van der Waals surface area contributed by atoms with Gasteiger partial charge in [0.15, 0.2) is 0 Å². The SMILES string of the molecule is O=c1cnc2c(n1O)CCCC2.O=c1cnc2c(n1O)CCCC2.O=c1cnc2c(n1O)CCCC2.[Fe+3]. The van der Waals surface area contributed by atoms with Gasteiger partial charge in [-0.1, -0.05) is 0 Å². The molecular formula is C24H30FeN6O6+3. The van der Waals surface area contributed by atoms with Crippen molar-refractivity contribution in [1.82, 2.24) is 29.1 Å². The Kier molecular flexibility index (Phi) is 9.65. The van der Waals surface area contributed by atoms with Gasteiger partial charge in [0.1, 0.15) is 0 Å². The van der Waals surface area contributed by atoms with Crippen LogP contribution < -0.4 is 16.7 Å². The molecule has 3 aromatic rings. The van der Waals surface area contributed by atoms with E-state index in [1.54, 1.807) is 0 Å². The second-order valence-corrected chi connectivity index (χ2v) is 9.03. The van der Waals surface area contributed by atoms with E-state index in [0.717, 1.165) is 108 Å². The van der Waals surface area contributed by atoms with E-state index in [-0.39, 0.29) is 17.1 Å². The van der Waals surface area contributed by atoms with Gasteiger partial charge in [-0.05, 0) is 77.0 Å². The van der Waals surface area contributed by atoms with Crippen molar-refractivity contribution in [3.05, 3.63) is 83.8 Å². The van der Waals surface area contributed by atoms with E-state index in [1.165, 1.54) is 18.6 Å². The maximum absolute atomic E-state index is 10.9. The van der Waals surface area contributed by atoms with Gasteiger partial charge in [-0.2, -0.15) is 0 Å². The number of aryl methyl sites for hydroxylation is 3.